The van der Waals surface area contributed by atoms with Gasteiger partial charge in [-0.25, -0.2) is 9.48 Å². The Morgan fingerprint density at radius 3 is 2.52 bits per heavy atom. The van der Waals surface area contributed by atoms with E-state index >= 15 is 0 Å². The van der Waals surface area contributed by atoms with Crippen LogP contribution in [0.3, 0.4) is 0 Å². The van der Waals surface area contributed by atoms with Crippen molar-refractivity contribution >= 4 is 11.9 Å². The maximum Gasteiger partial charge on any atom is 0.413 e. The molecule has 133 valence electrons. The first kappa shape index (κ1) is 17.5. The lowest BCUT2D eigenvalue weighted by Gasteiger charge is -2.22. The fraction of sp³-hybridized carbons (Fsp3) is 0.450. The molecule has 0 aliphatic heterocycles. The predicted molar refractivity (Wildman–Crippen MR) is 98.3 cm³/mol. The summed E-state index contributed by atoms with van der Waals surface area (Å²) in [6, 6.07) is 11.6. The number of amides is 1. The highest BCUT2D eigenvalue weighted by Gasteiger charge is 2.26. The third-order valence-electron chi connectivity index (χ3n) is 4.36. The quantitative estimate of drug-likeness (QED) is 0.862. The van der Waals surface area contributed by atoms with Crippen LogP contribution in [0.4, 0.5) is 10.6 Å². The Hall–Kier alpha value is -2.30. The van der Waals surface area contributed by atoms with Crippen molar-refractivity contribution in [1.29, 1.82) is 0 Å². The minimum atomic E-state index is -0.461. The normalized spacial score (nSPS) is 15.3. The predicted octanol–water partition coefficient (Wildman–Crippen LogP) is 4.88. The van der Waals surface area contributed by atoms with Crippen molar-refractivity contribution in [3.05, 3.63) is 53.6 Å². The van der Waals surface area contributed by atoms with Crippen LogP contribution in [0.25, 0.3) is 0 Å². The maximum absolute atomic E-state index is 12.2. The molecule has 1 N–H and O–H groups in total. The molecule has 0 unspecified atom stereocenters. The number of rotatable bonds is 4. The molecule has 1 aromatic heterocycles. The first-order valence-electron chi connectivity index (χ1n) is 8.87. The van der Waals surface area contributed by atoms with Gasteiger partial charge >= 0.3 is 6.09 Å². The van der Waals surface area contributed by atoms with Crippen LogP contribution in [0.1, 0.15) is 57.7 Å². The summed E-state index contributed by atoms with van der Waals surface area (Å²) in [4.78, 5) is 12.2. The van der Waals surface area contributed by atoms with Gasteiger partial charge in [-0.15, -0.1) is 0 Å². The van der Waals surface area contributed by atoms with Gasteiger partial charge in [-0.2, -0.15) is 5.10 Å². The zero-order chi connectivity index (χ0) is 17.9. The van der Waals surface area contributed by atoms with Crippen LogP contribution in [-0.2, 0) is 16.9 Å². The highest BCUT2D eigenvalue weighted by atomic mass is 16.5. The van der Waals surface area contributed by atoms with E-state index in [1.165, 1.54) is 18.8 Å². The van der Waals surface area contributed by atoms with E-state index in [1.54, 1.807) is 0 Å². The second-order valence-corrected chi connectivity index (χ2v) is 7.49. The molecule has 0 saturated heterocycles. The topological polar surface area (TPSA) is 56.2 Å². The molecule has 1 heterocycles. The fourth-order valence-electron chi connectivity index (χ4n) is 3.08. The molecule has 0 bridgehead atoms. The second kappa shape index (κ2) is 7.30. The van der Waals surface area contributed by atoms with Crippen molar-refractivity contribution in [2.45, 2.75) is 58.6 Å². The standard InChI is InChI=1S/C20H26N3O2/c1-20(2,3)23-18(13-17(22-23)16-11-7-8-12-16)21-19(24)25-14-15-9-5-4-6-10-15/h4-6,9-10,13H,7-8,11-12,14H2,1-3H3,(H,21,24). The van der Waals surface area contributed by atoms with Gasteiger partial charge in [0.15, 0.2) is 0 Å². The molecule has 3 rings (SSSR count). The molecule has 1 radical (unpaired) electrons. The molecule has 1 aromatic carbocycles. The number of nitrogens with one attached hydrogen (secondary N) is 1. The number of nitrogens with zero attached hydrogens (tertiary/aromatic N) is 2. The second-order valence-electron chi connectivity index (χ2n) is 7.49. The van der Waals surface area contributed by atoms with Crippen LogP contribution >= 0.6 is 0 Å². The SMILES string of the molecule is CC(C)(C)n1nc([C]2CCCC2)cc1NC(=O)OCc1ccccc1. The number of hydrogen-bond acceptors (Lipinski definition) is 3. The lowest BCUT2D eigenvalue weighted by atomic mass is 10.0. The molecule has 5 heteroatoms. The zero-order valence-corrected chi connectivity index (χ0v) is 15.2. The Labute approximate surface area is 149 Å². The van der Waals surface area contributed by atoms with Crippen LogP contribution in [0.15, 0.2) is 36.4 Å². The summed E-state index contributed by atoms with van der Waals surface area (Å²) in [6.45, 7) is 6.47. The molecule has 5 nitrogen and oxygen atoms in total. The molecule has 0 spiro atoms. The fourth-order valence-corrected chi connectivity index (χ4v) is 3.08. The number of anilines is 1. The minimum absolute atomic E-state index is 0.223. The number of benzene rings is 1. The first-order valence-corrected chi connectivity index (χ1v) is 8.87. The van der Waals surface area contributed by atoms with Crippen molar-refractivity contribution < 1.29 is 9.53 Å². The number of aromatic nitrogens is 2. The van der Waals surface area contributed by atoms with E-state index in [0.29, 0.717) is 5.82 Å². The van der Waals surface area contributed by atoms with Crippen LogP contribution in [0, 0.1) is 5.92 Å². The lowest BCUT2D eigenvalue weighted by molar-refractivity contribution is 0.154. The molecule has 1 saturated carbocycles. The van der Waals surface area contributed by atoms with Crippen molar-refractivity contribution in [1.82, 2.24) is 9.78 Å². The Bertz CT molecular complexity index is 710. The largest absolute Gasteiger partial charge is 0.444 e. The third kappa shape index (κ3) is 4.41. The summed E-state index contributed by atoms with van der Waals surface area (Å²) in [6.07, 6.45) is 4.18. The van der Waals surface area contributed by atoms with Crippen LogP contribution in [-0.4, -0.2) is 15.9 Å². The van der Waals surface area contributed by atoms with Gasteiger partial charge in [0.05, 0.1) is 11.2 Å². The van der Waals surface area contributed by atoms with Crippen LogP contribution < -0.4 is 5.32 Å². The molecule has 1 fully saturated rings. The van der Waals surface area contributed by atoms with Gasteiger partial charge in [0.25, 0.3) is 0 Å². The van der Waals surface area contributed by atoms with Gasteiger partial charge < -0.3 is 4.74 Å². The molecule has 1 aliphatic rings. The molecule has 1 amide bonds. The third-order valence-corrected chi connectivity index (χ3v) is 4.36. The average Bonchev–Trinajstić information content (AvgIpc) is 3.22. The zero-order valence-electron chi connectivity index (χ0n) is 15.2. The van der Waals surface area contributed by atoms with Crippen molar-refractivity contribution in [2.24, 2.45) is 0 Å². The highest BCUT2D eigenvalue weighted by Crippen LogP contribution is 2.34. The molecular weight excluding hydrogens is 314 g/mol. The number of hydrogen-bond donors (Lipinski definition) is 1. The van der Waals surface area contributed by atoms with E-state index in [2.05, 4.69) is 26.1 Å². The van der Waals surface area contributed by atoms with E-state index in [-0.39, 0.29) is 12.1 Å². The lowest BCUT2D eigenvalue weighted by Crippen LogP contribution is -2.27. The van der Waals surface area contributed by atoms with E-state index in [1.807, 2.05) is 41.1 Å². The van der Waals surface area contributed by atoms with Gasteiger partial charge in [-0.05, 0) is 39.2 Å². The smallest absolute Gasteiger partial charge is 0.413 e. The Morgan fingerprint density at radius 2 is 1.88 bits per heavy atom. The van der Waals surface area contributed by atoms with E-state index < -0.39 is 6.09 Å². The van der Waals surface area contributed by atoms with Gasteiger partial charge in [0, 0.05) is 12.0 Å². The van der Waals surface area contributed by atoms with E-state index in [9.17, 15) is 4.79 Å². The van der Waals surface area contributed by atoms with Gasteiger partial charge in [-0.3, -0.25) is 5.32 Å². The first-order chi connectivity index (χ1) is 11.9. The molecular formula is C20H26N3O2. The summed E-state index contributed by atoms with van der Waals surface area (Å²) < 4.78 is 7.21. The van der Waals surface area contributed by atoms with E-state index in [0.717, 1.165) is 24.1 Å². The van der Waals surface area contributed by atoms with Gasteiger partial charge in [0.1, 0.15) is 12.4 Å². The van der Waals surface area contributed by atoms with Crippen molar-refractivity contribution in [2.75, 3.05) is 5.32 Å². The molecule has 25 heavy (non-hydrogen) atoms. The minimum Gasteiger partial charge on any atom is -0.444 e. The Kier molecular flexibility index (Phi) is 5.11. The number of carbonyl (C=O) groups excluding carboxylic acids is 1. The van der Waals surface area contributed by atoms with Crippen molar-refractivity contribution in [3.63, 3.8) is 0 Å². The van der Waals surface area contributed by atoms with Gasteiger partial charge in [0.2, 0.25) is 0 Å². The highest BCUT2D eigenvalue weighted by molar-refractivity contribution is 5.83. The summed E-state index contributed by atoms with van der Waals surface area (Å²) in [5.74, 6) is 2.06. The number of ether oxygens (including phenoxy) is 1. The Balaban J connectivity index is 1.70. The summed E-state index contributed by atoms with van der Waals surface area (Å²) >= 11 is 0. The maximum atomic E-state index is 12.2. The van der Waals surface area contributed by atoms with Crippen molar-refractivity contribution in [3.8, 4) is 0 Å². The summed E-state index contributed by atoms with van der Waals surface area (Å²) in [5.41, 5.74) is 1.73. The van der Waals surface area contributed by atoms with Gasteiger partial charge in [-0.1, -0.05) is 43.2 Å². The summed E-state index contributed by atoms with van der Waals surface area (Å²) in [7, 11) is 0. The molecule has 0 atom stereocenters. The van der Waals surface area contributed by atoms with Crippen LogP contribution in [0.5, 0.6) is 0 Å². The summed E-state index contributed by atoms with van der Waals surface area (Å²) in [5, 5.41) is 7.60. The monoisotopic (exact) mass is 340 g/mol. The van der Waals surface area contributed by atoms with Crippen LogP contribution in [0.2, 0.25) is 0 Å². The van der Waals surface area contributed by atoms with E-state index in [4.69, 9.17) is 9.84 Å². The molecule has 2 aromatic rings. The number of carbonyl (C=O) groups is 1. The Morgan fingerprint density at radius 1 is 1.20 bits per heavy atom. The molecule has 1 aliphatic carbocycles. The average molecular weight is 340 g/mol.